The maximum absolute atomic E-state index is 11.8. The summed E-state index contributed by atoms with van der Waals surface area (Å²) in [6, 6.07) is 6.84. The normalized spacial score (nSPS) is 14.8. The number of rotatable bonds is 7. The van der Waals surface area contributed by atoms with Crippen molar-refractivity contribution < 1.29 is 23.1 Å². The van der Waals surface area contributed by atoms with Gasteiger partial charge >= 0.3 is 5.97 Å². The minimum atomic E-state index is -3.74. The summed E-state index contributed by atoms with van der Waals surface area (Å²) < 4.78 is 30.7. The Bertz CT molecular complexity index is 514. The molecule has 6 nitrogen and oxygen atoms in total. The number of sulfonamides is 1. The number of nitrogens with one attached hydrogen (secondary N) is 1. The second kappa shape index (κ2) is 6.65. The van der Waals surface area contributed by atoms with Gasteiger partial charge in [-0.2, -0.15) is 4.72 Å². The molecule has 0 saturated heterocycles. The second-order valence-electron chi connectivity index (χ2n) is 4.13. The van der Waals surface area contributed by atoms with Gasteiger partial charge in [-0.3, -0.25) is 4.79 Å². The minimum Gasteiger partial charge on any atom is -0.480 e. The summed E-state index contributed by atoms with van der Waals surface area (Å²) in [6.07, 6.45) is -0.511. The molecular formula is C12H17NO5S. The summed E-state index contributed by atoms with van der Waals surface area (Å²) in [5.41, 5.74) is 0.378. The third-order valence-corrected chi connectivity index (χ3v) is 4.04. The molecule has 2 atom stereocenters. The van der Waals surface area contributed by atoms with E-state index in [0.29, 0.717) is 5.56 Å². The Balaban J connectivity index is 2.89. The zero-order chi connectivity index (χ0) is 14.5. The van der Waals surface area contributed by atoms with E-state index in [-0.39, 0.29) is 5.75 Å². The van der Waals surface area contributed by atoms with E-state index in [2.05, 4.69) is 4.72 Å². The molecule has 0 radical (unpaired) electrons. The van der Waals surface area contributed by atoms with Crippen molar-refractivity contribution in [3.63, 3.8) is 0 Å². The lowest BCUT2D eigenvalue weighted by Gasteiger charge is -2.17. The highest BCUT2D eigenvalue weighted by Crippen LogP contribution is 2.14. The number of methoxy groups -OCH3 is 1. The fourth-order valence-electron chi connectivity index (χ4n) is 1.51. The van der Waals surface area contributed by atoms with E-state index in [1.54, 1.807) is 37.3 Å². The quantitative estimate of drug-likeness (QED) is 0.772. The number of carboxylic acids is 1. The molecule has 0 saturated carbocycles. The van der Waals surface area contributed by atoms with Crippen LogP contribution in [0.5, 0.6) is 0 Å². The van der Waals surface area contributed by atoms with Gasteiger partial charge in [0.2, 0.25) is 10.0 Å². The smallest absolute Gasteiger partial charge is 0.326 e. The molecule has 0 amide bonds. The van der Waals surface area contributed by atoms with E-state index >= 15 is 0 Å². The van der Waals surface area contributed by atoms with E-state index in [1.807, 2.05) is 0 Å². The average molecular weight is 287 g/mol. The van der Waals surface area contributed by atoms with Crippen LogP contribution in [-0.2, 0) is 19.6 Å². The Morgan fingerprint density at radius 1 is 1.37 bits per heavy atom. The maximum atomic E-state index is 11.8. The molecule has 1 aromatic rings. The molecule has 7 heteroatoms. The van der Waals surface area contributed by atoms with Crippen LogP contribution in [0.3, 0.4) is 0 Å². The zero-order valence-corrected chi connectivity index (χ0v) is 11.6. The predicted octanol–water partition coefficient (Wildman–Crippen LogP) is 0.767. The van der Waals surface area contributed by atoms with E-state index in [0.717, 1.165) is 0 Å². The van der Waals surface area contributed by atoms with Crippen molar-refractivity contribution in [3.8, 4) is 0 Å². The molecule has 2 N–H and O–H groups in total. The van der Waals surface area contributed by atoms with Gasteiger partial charge in [-0.1, -0.05) is 30.3 Å². The number of benzene rings is 1. The molecule has 1 unspecified atom stereocenters. The lowest BCUT2D eigenvalue weighted by Crippen LogP contribution is -2.38. The Labute approximate surface area is 112 Å². The Hall–Kier alpha value is -1.44. The third kappa shape index (κ3) is 4.98. The summed E-state index contributed by atoms with van der Waals surface area (Å²) >= 11 is 0. The first-order chi connectivity index (χ1) is 8.85. The minimum absolute atomic E-state index is 0.292. The SMILES string of the molecule is COC(C)CS(=O)(=O)N[C@H](C(=O)O)c1ccccc1. The Morgan fingerprint density at radius 3 is 2.42 bits per heavy atom. The zero-order valence-electron chi connectivity index (χ0n) is 10.7. The van der Waals surface area contributed by atoms with Crippen LogP contribution in [0.25, 0.3) is 0 Å². The predicted molar refractivity (Wildman–Crippen MR) is 70.2 cm³/mol. The van der Waals surface area contributed by atoms with Crippen molar-refractivity contribution >= 4 is 16.0 Å². The molecule has 0 spiro atoms. The first-order valence-electron chi connectivity index (χ1n) is 5.66. The van der Waals surface area contributed by atoms with Crippen LogP contribution in [0.15, 0.2) is 30.3 Å². The average Bonchev–Trinajstić information content (AvgIpc) is 2.36. The van der Waals surface area contributed by atoms with Crippen LogP contribution in [0.1, 0.15) is 18.5 Å². The lowest BCUT2D eigenvalue weighted by atomic mass is 10.1. The van der Waals surface area contributed by atoms with Crippen LogP contribution in [0.2, 0.25) is 0 Å². The number of ether oxygens (including phenoxy) is 1. The number of carbonyl (C=O) groups is 1. The molecular weight excluding hydrogens is 270 g/mol. The van der Waals surface area contributed by atoms with Crippen LogP contribution >= 0.6 is 0 Å². The van der Waals surface area contributed by atoms with Gasteiger partial charge in [0.25, 0.3) is 0 Å². The molecule has 0 bridgehead atoms. The molecule has 0 heterocycles. The van der Waals surface area contributed by atoms with Crippen molar-refractivity contribution in [1.82, 2.24) is 4.72 Å². The van der Waals surface area contributed by atoms with Crippen LogP contribution in [0.4, 0.5) is 0 Å². The molecule has 0 aliphatic carbocycles. The van der Waals surface area contributed by atoms with Gasteiger partial charge in [-0.05, 0) is 12.5 Å². The van der Waals surface area contributed by atoms with Gasteiger partial charge < -0.3 is 9.84 Å². The third-order valence-electron chi connectivity index (χ3n) is 2.53. The largest absolute Gasteiger partial charge is 0.480 e. The van der Waals surface area contributed by atoms with Crippen molar-refractivity contribution in [2.75, 3.05) is 12.9 Å². The number of hydrogen-bond donors (Lipinski definition) is 2. The van der Waals surface area contributed by atoms with Crippen LogP contribution in [-0.4, -0.2) is 38.5 Å². The topological polar surface area (TPSA) is 92.7 Å². The summed E-state index contributed by atoms with van der Waals surface area (Å²) in [5, 5.41) is 9.12. The summed E-state index contributed by atoms with van der Waals surface area (Å²) in [6.45, 7) is 1.59. The molecule has 0 aliphatic rings. The molecule has 1 rings (SSSR count). The van der Waals surface area contributed by atoms with Crippen molar-refractivity contribution in [1.29, 1.82) is 0 Å². The van der Waals surface area contributed by atoms with Gasteiger partial charge in [0, 0.05) is 7.11 Å². The molecule has 19 heavy (non-hydrogen) atoms. The highest BCUT2D eigenvalue weighted by atomic mass is 32.2. The van der Waals surface area contributed by atoms with Gasteiger partial charge in [0.15, 0.2) is 0 Å². The van der Waals surface area contributed by atoms with E-state index in [9.17, 15) is 13.2 Å². The van der Waals surface area contributed by atoms with Gasteiger partial charge in [0.05, 0.1) is 11.9 Å². The first kappa shape index (κ1) is 15.6. The first-order valence-corrected chi connectivity index (χ1v) is 7.31. The summed E-state index contributed by atoms with van der Waals surface area (Å²) in [5.74, 6) is -1.54. The number of aliphatic carboxylic acids is 1. The maximum Gasteiger partial charge on any atom is 0.326 e. The summed E-state index contributed by atoms with van der Waals surface area (Å²) in [4.78, 5) is 11.2. The van der Waals surface area contributed by atoms with E-state index in [4.69, 9.17) is 9.84 Å². The van der Waals surface area contributed by atoms with Crippen molar-refractivity contribution in [3.05, 3.63) is 35.9 Å². The number of hydrogen-bond acceptors (Lipinski definition) is 4. The number of carboxylic acid groups (broad SMARTS) is 1. The fraction of sp³-hybridized carbons (Fsp3) is 0.417. The molecule has 0 aliphatic heterocycles. The molecule has 0 fully saturated rings. The highest BCUT2D eigenvalue weighted by molar-refractivity contribution is 7.89. The van der Waals surface area contributed by atoms with Crippen molar-refractivity contribution in [2.45, 2.75) is 19.1 Å². The molecule has 0 aromatic heterocycles. The highest BCUT2D eigenvalue weighted by Gasteiger charge is 2.26. The molecule has 106 valence electrons. The van der Waals surface area contributed by atoms with Crippen LogP contribution in [0, 0.1) is 0 Å². The molecule has 1 aromatic carbocycles. The summed E-state index contributed by atoms with van der Waals surface area (Å²) in [7, 11) is -2.35. The van der Waals surface area contributed by atoms with Gasteiger partial charge in [-0.15, -0.1) is 0 Å². The fourth-order valence-corrected chi connectivity index (χ4v) is 2.96. The Morgan fingerprint density at radius 2 is 1.95 bits per heavy atom. The monoisotopic (exact) mass is 287 g/mol. The standard InChI is InChI=1S/C12H17NO5S/c1-9(18-2)8-19(16,17)13-11(12(14)15)10-6-4-3-5-7-10/h3-7,9,11,13H,8H2,1-2H3,(H,14,15)/t9?,11-/m0/s1. The van der Waals surface area contributed by atoms with E-state index in [1.165, 1.54) is 7.11 Å². The van der Waals surface area contributed by atoms with Crippen molar-refractivity contribution in [2.24, 2.45) is 0 Å². The lowest BCUT2D eigenvalue weighted by molar-refractivity contribution is -0.139. The second-order valence-corrected chi connectivity index (χ2v) is 5.93. The van der Waals surface area contributed by atoms with Gasteiger partial charge in [0.1, 0.15) is 6.04 Å². The Kier molecular flexibility index (Phi) is 5.46. The van der Waals surface area contributed by atoms with Gasteiger partial charge in [-0.25, -0.2) is 8.42 Å². The van der Waals surface area contributed by atoms with E-state index < -0.39 is 28.1 Å². The van der Waals surface area contributed by atoms with Crippen LogP contribution < -0.4 is 4.72 Å².